The third kappa shape index (κ3) is 2.60. The third-order valence-corrected chi connectivity index (χ3v) is 5.81. The van der Waals surface area contributed by atoms with E-state index in [9.17, 15) is 0 Å². The van der Waals surface area contributed by atoms with Crippen molar-refractivity contribution in [2.45, 2.75) is 75.8 Å². The summed E-state index contributed by atoms with van der Waals surface area (Å²) in [4.78, 5) is 2.71. The van der Waals surface area contributed by atoms with Crippen LogP contribution in [0.4, 0.5) is 0 Å². The van der Waals surface area contributed by atoms with Crippen molar-refractivity contribution in [1.82, 2.24) is 10.2 Å². The summed E-state index contributed by atoms with van der Waals surface area (Å²) in [6, 6.07) is 0.817. The summed E-state index contributed by atoms with van der Waals surface area (Å²) in [5, 5.41) is 3.97. The summed E-state index contributed by atoms with van der Waals surface area (Å²) in [5.41, 5.74) is 0.484. The van der Waals surface area contributed by atoms with Gasteiger partial charge >= 0.3 is 0 Å². The third-order valence-electron chi connectivity index (χ3n) is 5.81. The molecule has 0 aromatic heterocycles. The van der Waals surface area contributed by atoms with Crippen LogP contribution in [0, 0.1) is 5.92 Å². The standard InChI is InChI=1S/C16H30N2/c1-18-13-16(10-6-3-7-11-16)17-12-15(18)14-8-4-2-5-9-14/h14-15,17H,2-13H2,1H3. The molecule has 0 aromatic carbocycles. The minimum Gasteiger partial charge on any atom is -0.308 e. The fourth-order valence-corrected chi connectivity index (χ4v) is 4.74. The Morgan fingerprint density at radius 1 is 0.944 bits per heavy atom. The highest BCUT2D eigenvalue weighted by molar-refractivity contribution is 5.00. The van der Waals surface area contributed by atoms with Gasteiger partial charge in [0.1, 0.15) is 0 Å². The monoisotopic (exact) mass is 250 g/mol. The summed E-state index contributed by atoms with van der Waals surface area (Å²) >= 11 is 0. The van der Waals surface area contributed by atoms with Crippen LogP contribution in [-0.2, 0) is 0 Å². The molecule has 0 aromatic rings. The van der Waals surface area contributed by atoms with Crippen LogP contribution in [0.2, 0.25) is 0 Å². The number of nitrogens with zero attached hydrogens (tertiary/aromatic N) is 1. The molecule has 0 amide bonds. The van der Waals surface area contributed by atoms with E-state index in [0.29, 0.717) is 5.54 Å². The molecule has 2 aliphatic carbocycles. The zero-order valence-electron chi connectivity index (χ0n) is 12.1. The first-order valence-corrected chi connectivity index (χ1v) is 8.24. The van der Waals surface area contributed by atoms with Crippen LogP contribution in [0.3, 0.4) is 0 Å². The Kier molecular flexibility index (Phi) is 3.95. The van der Waals surface area contributed by atoms with Gasteiger partial charge in [0.25, 0.3) is 0 Å². The van der Waals surface area contributed by atoms with Gasteiger partial charge in [-0.15, -0.1) is 0 Å². The molecular formula is C16H30N2. The first kappa shape index (κ1) is 12.9. The van der Waals surface area contributed by atoms with Crippen molar-refractivity contribution in [1.29, 1.82) is 0 Å². The van der Waals surface area contributed by atoms with Crippen molar-refractivity contribution in [2.75, 3.05) is 20.1 Å². The molecule has 2 heteroatoms. The van der Waals surface area contributed by atoms with E-state index in [4.69, 9.17) is 0 Å². The largest absolute Gasteiger partial charge is 0.308 e. The second-order valence-electron chi connectivity index (χ2n) is 7.10. The van der Waals surface area contributed by atoms with Crippen LogP contribution >= 0.6 is 0 Å². The van der Waals surface area contributed by atoms with Crippen LogP contribution in [0.25, 0.3) is 0 Å². The molecule has 1 saturated heterocycles. The Labute approximate surface area is 113 Å². The Balaban J connectivity index is 1.60. The number of rotatable bonds is 1. The second-order valence-corrected chi connectivity index (χ2v) is 7.10. The van der Waals surface area contributed by atoms with Crippen LogP contribution in [-0.4, -0.2) is 36.6 Å². The lowest BCUT2D eigenvalue weighted by Gasteiger charge is -2.51. The predicted molar refractivity (Wildman–Crippen MR) is 76.8 cm³/mol. The molecule has 3 aliphatic rings. The predicted octanol–water partition coefficient (Wildman–Crippen LogP) is 3.17. The highest BCUT2D eigenvalue weighted by Crippen LogP contribution is 2.35. The maximum Gasteiger partial charge on any atom is 0.0309 e. The van der Waals surface area contributed by atoms with Gasteiger partial charge in [0.15, 0.2) is 0 Å². The van der Waals surface area contributed by atoms with Crippen LogP contribution in [0.1, 0.15) is 64.2 Å². The van der Waals surface area contributed by atoms with E-state index in [1.807, 2.05) is 0 Å². The Morgan fingerprint density at radius 2 is 1.61 bits per heavy atom. The summed E-state index contributed by atoms with van der Waals surface area (Å²) in [5.74, 6) is 0.970. The van der Waals surface area contributed by atoms with Gasteiger partial charge in [0, 0.05) is 24.7 Å². The Morgan fingerprint density at radius 3 is 2.28 bits per heavy atom. The molecule has 2 saturated carbocycles. The van der Waals surface area contributed by atoms with Gasteiger partial charge in [-0.05, 0) is 38.6 Å². The van der Waals surface area contributed by atoms with Crippen molar-refractivity contribution >= 4 is 0 Å². The highest BCUT2D eigenvalue weighted by atomic mass is 15.2. The normalized spacial score (nSPS) is 34.8. The SMILES string of the molecule is CN1CC2(CCCCC2)NCC1C1CCCCC1. The van der Waals surface area contributed by atoms with Gasteiger partial charge in [-0.1, -0.05) is 38.5 Å². The van der Waals surface area contributed by atoms with E-state index in [1.54, 1.807) is 0 Å². The quantitative estimate of drug-likeness (QED) is 0.769. The summed E-state index contributed by atoms with van der Waals surface area (Å²) in [6.07, 6.45) is 14.5. The van der Waals surface area contributed by atoms with Crippen molar-refractivity contribution in [3.63, 3.8) is 0 Å². The summed E-state index contributed by atoms with van der Waals surface area (Å²) in [6.45, 7) is 2.55. The van der Waals surface area contributed by atoms with E-state index in [2.05, 4.69) is 17.3 Å². The molecule has 104 valence electrons. The highest BCUT2D eigenvalue weighted by Gasteiger charge is 2.40. The lowest BCUT2D eigenvalue weighted by molar-refractivity contribution is 0.0391. The number of nitrogens with one attached hydrogen (secondary N) is 1. The zero-order valence-corrected chi connectivity index (χ0v) is 12.1. The smallest absolute Gasteiger partial charge is 0.0309 e. The number of hydrogen-bond acceptors (Lipinski definition) is 2. The maximum atomic E-state index is 3.97. The molecule has 3 rings (SSSR count). The number of likely N-dealkylation sites (N-methyl/N-ethyl adjacent to an activating group) is 1. The molecule has 2 nitrogen and oxygen atoms in total. The molecule has 0 bridgehead atoms. The van der Waals surface area contributed by atoms with Gasteiger partial charge in [-0.25, -0.2) is 0 Å². The Bertz CT molecular complexity index is 264. The summed E-state index contributed by atoms with van der Waals surface area (Å²) in [7, 11) is 2.39. The lowest BCUT2D eigenvalue weighted by atomic mass is 9.76. The van der Waals surface area contributed by atoms with Crippen LogP contribution in [0.5, 0.6) is 0 Å². The van der Waals surface area contributed by atoms with E-state index in [0.717, 1.165) is 12.0 Å². The molecule has 1 unspecified atom stereocenters. The van der Waals surface area contributed by atoms with Crippen LogP contribution < -0.4 is 5.32 Å². The fourth-order valence-electron chi connectivity index (χ4n) is 4.74. The molecule has 1 N–H and O–H groups in total. The van der Waals surface area contributed by atoms with E-state index in [1.165, 1.54) is 77.3 Å². The topological polar surface area (TPSA) is 15.3 Å². The van der Waals surface area contributed by atoms with Crippen LogP contribution in [0.15, 0.2) is 0 Å². The Hall–Kier alpha value is -0.0800. The number of hydrogen-bond donors (Lipinski definition) is 1. The fraction of sp³-hybridized carbons (Fsp3) is 1.00. The lowest BCUT2D eigenvalue weighted by Crippen LogP contribution is -2.65. The molecule has 1 atom stereocenters. The van der Waals surface area contributed by atoms with E-state index in [-0.39, 0.29) is 0 Å². The van der Waals surface area contributed by atoms with Gasteiger partial charge < -0.3 is 10.2 Å². The molecule has 0 radical (unpaired) electrons. The van der Waals surface area contributed by atoms with Crippen molar-refractivity contribution in [3.8, 4) is 0 Å². The van der Waals surface area contributed by atoms with Gasteiger partial charge in [0.05, 0.1) is 0 Å². The summed E-state index contributed by atoms with van der Waals surface area (Å²) < 4.78 is 0. The van der Waals surface area contributed by atoms with Crippen molar-refractivity contribution < 1.29 is 0 Å². The average molecular weight is 250 g/mol. The first-order valence-electron chi connectivity index (χ1n) is 8.24. The minimum atomic E-state index is 0.484. The second kappa shape index (κ2) is 5.50. The van der Waals surface area contributed by atoms with Gasteiger partial charge in [-0.2, -0.15) is 0 Å². The molecule has 1 heterocycles. The molecular weight excluding hydrogens is 220 g/mol. The molecule has 1 aliphatic heterocycles. The van der Waals surface area contributed by atoms with E-state index < -0.39 is 0 Å². The average Bonchev–Trinajstić information content (AvgIpc) is 2.41. The van der Waals surface area contributed by atoms with Crippen molar-refractivity contribution in [3.05, 3.63) is 0 Å². The van der Waals surface area contributed by atoms with Gasteiger partial charge in [-0.3, -0.25) is 0 Å². The first-order chi connectivity index (χ1) is 8.79. The number of piperazine rings is 1. The minimum absolute atomic E-state index is 0.484. The van der Waals surface area contributed by atoms with E-state index >= 15 is 0 Å². The maximum absolute atomic E-state index is 3.97. The molecule has 3 fully saturated rings. The van der Waals surface area contributed by atoms with Crippen molar-refractivity contribution in [2.24, 2.45) is 5.92 Å². The van der Waals surface area contributed by atoms with Gasteiger partial charge in [0.2, 0.25) is 0 Å². The molecule has 1 spiro atoms. The molecule has 18 heavy (non-hydrogen) atoms. The zero-order chi connectivity index (χ0) is 12.4.